The molecule has 8 aromatic carbocycles. The molecule has 7 nitrogen and oxygen atoms in total. The molecule has 0 atom stereocenters. The zero-order chi connectivity index (χ0) is 41.7. The molecule has 0 aliphatic heterocycles. The normalized spacial score (nSPS) is 10.9. The van der Waals surface area contributed by atoms with Crippen LogP contribution in [0.2, 0.25) is 0 Å². The topological polar surface area (TPSA) is 81.7 Å². The second kappa shape index (κ2) is 16.9. The monoisotopic (exact) mass is 793 g/mol. The minimum Gasteiger partial charge on any atom is -0.238 e. The first-order valence-electron chi connectivity index (χ1n) is 20.2. The van der Waals surface area contributed by atoms with Gasteiger partial charge < -0.3 is 0 Å². The lowest BCUT2D eigenvalue weighted by molar-refractivity contribution is 1.07. The van der Waals surface area contributed by atoms with Crippen molar-refractivity contribution in [1.82, 2.24) is 29.9 Å². The van der Waals surface area contributed by atoms with Gasteiger partial charge in [0.25, 0.3) is 0 Å². The minimum atomic E-state index is 0.498. The van der Waals surface area contributed by atoms with Crippen molar-refractivity contribution in [2.24, 2.45) is 0 Å². The van der Waals surface area contributed by atoms with E-state index in [-0.39, 0.29) is 0 Å². The second-order valence-corrected chi connectivity index (χ2v) is 14.6. The van der Waals surface area contributed by atoms with Crippen molar-refractivity contribution in [3.63, 3.8) is 0 Å². The third kappa shape index (κ3) is 7.75. The van der Waals surface area contributed by atoms with Crippen molar-refractivity contribution in [3.8, 4) is 102 Å². The van der Waals surface area contributed by atoms with Crippen LogP contribution in [-0.4, -0.2) is 29.9 Å². The van der Waals surface area contributed by atoms with Crippen LogP contribution in [0.1, 0.15) is 0 Å². The summed E-state index contributed by atoms with van der Waals surface area (Å²) in [5.41, 5.74) is 11.3. The summed E-state index contributed by atoms with van der Waals surface area (Å²) in [4.78, 5) is 34.6. The maximum atomic E-state index is 7.75. The molecule has 0 unspecified atom stereocenters. The molecule has 0 bridgehead atoms. The maximum absolute atomic E-state index is 7.75. The predicted octanol–water partition coefficient (Wildman–Crippen LogP) is 13.6. The van der Waals surface area contributed by atoms with Crippen molar-refractivity contribution >= 4 is 5.69 Å². The largest absolute Gasteiger partial charge is 0.238 e. The maximum Gasteiger partial charge on any atom is 0.187 e. The van der Waals surface area contributed by atoms with Crippen LogP contribution in [0, 0.1) is 6.57 Å². The van der Waals surface area contributed by atoms with Crippen LogP contribution in [0.15, 0.2) is 212 Å². The second-order valence-electron chi connectivity index (χ2n) is 14.6. The van der Waals surface area contributed by atoms with E-state index in [0.29, 0.717) is 40.6 Å². The molecule has 0 fully saturated rings. The van der Waals surface area contributed by atoms with Gasteiger partial charge in [0, 0.05) is 33.4 Å². The molecule has 62 heavy (non-hydrogen) atoms. The number of nitrogens with zero attached hydrogens (tertiary/aromatic N) is 7. The van der Waals surface area contributed by atoms with Gasteiger partial charge in [0.2, 0.25) is 0 Å². The van der Waals surface area contributed by atoms with Gasteiger partial charge in [0.05, 0.1) is 6.57 Å². The fourth-order valence-electron chi connectivity index (χ4n) is 7.53. The van der Waals surface area contributed by atoms with E-state index in [1.54, 1.807) is 0 Å². The number of benzene rings is 8. The molecule has 0 amide bonds. The van der Waals surface area contributed by atoms with Crippen molar-refractivity contribution in [3.05, 3.63) is 224 Å². The Morgan fingerprint density at radius 1 is 0.242 bits per heavy atom. The van der Waals surface area contributed by atoms with E-state index in [4.69, 9.17) is 36.5 Å². The van der Waals surface area contributed by atoms with E-state index in [0.717, 1.165) is 66.8 Å². The Labute approximate surface area is 359 Å². The van der Waals surface area contributed by atoms with Gasteiger partial charge >= 0.3 is 0 Å². The summed E-state index contributed by atoms with van der Waals surface area (Å²) in [5, 5.41) is 0. The van der Waals surface area contributed by atoms with E-state index in [2.05, 4.69) is 53.4 Å². The molecule has 0 saturated heterocycles. The SMILES string of the molecule is [C-]#[N+]c1cccc(-c2ccc(-c3cc(-c4ccccc4)ccc3-c3nc(-c4ccccc4)nc(-c4ccccc4)n3)c(-c3nc(-c4ccccc4)nc(-c4ccccc4)n3)c2)c1. The average molecular weight is 794 g/mol. The van der Waals surface area contributed by atoms with E-state index >= 15 is 0 Å². The highest BCUT2D eigenvalue weighted by Crippen LogP contribution is 2.42. The van der Waals surface area contributed by atoms with Crippen LogP contribution in [0.25, 0.3) is 107 Å². The van der Waals surface area contributed by atoms with Crippen molar-refractivity contribution in [1.29, 1.82) is 0 Å². The third-order valence-electron chi connectivity index (χ3n) is 10.6. The van der Waals surface area contributed by atoms with Crippen LogP contribution >= 0.6 is 0 Å². The van der Waals surface area contributed by atoms with Gasteiger partial charge in [-0.25, -0.2) is 34.7 Å². The summed E-state index contributed by atoms with van der Waals surface area (Å²) >= 11 is 0. The Balaban J connectivity index is 1.27. The Kier molecular flexibility index (Phi) is 10.2. The van der Waals surface area contributed by atoms with Crippen molar-refractivity contribution < 1.29 is 0 Å². The summed E-state index contributed by atoms with van der Waals surface area (Å²) in [5.74, 6) is 3.27. The first kappa shape index (κ1) is 37.5. The highest BCUT2D eigenvalue weighted by Gasteiger charge is 2.22. The van der Waals surface area contributed by atoms with Crippen LogP contribution in [0.3, 0.4) is 0 Å². The van der Waals surface area contributed by atoms with Gasteiger partial charge in [-0.2, -0.15) is 0 Å². The van der Waals surface area contributed by atoms with Gasteiger partial charge in [-0.15, -0.1) is 0 Å². The molecule has 0 N–H and O–H groups in total. The summed E-state index contributed by atoms with van der Waals surface area (Å²) in [6.45, 7) is 7.75. The average Bonchev–Trinajstić information content (AvgIpc) is 3.37. The number of hydrogen-bond donors (Lipinski definition) is 0. The lowest BCUT2D eigenvalue weighted by atomic mass is 9.89. The molecule has 2 heterocycles. The summed E-state index contributed by atoms with van der Waals surface area (Å²) in [7, 11) is 0. The molecule has 0 aliphatic carbocycles. The van der Waals surface area contributed by atoms with Crippen molar-refractivity contribution in [2.45, 2.75) is 0 Å². The number of hydrogen-bond acceptors (Lipinski definition) is 6. The zero-order valence-electron chi connectivity index (χ0n) is 33.3. The quantitative estimate of drug-likeness (QED) is 0.135. The van der Waals surface area contributed by atoms with Crippen LogP contribution in [-0.2, 0) is 0 Å². The molecule has 10 rings (SSSR count). The smallest absolute Gasteiger partial charge is 0.187 e. The number of aromatic nitrogens is 6. The fourth-order valence-corrected chi connectivity index (χ4v) is 7.53. The lowest BCUT2D eigenvalue weighted by Gasteiger charge is -2.18. The molecule has 290 valence electrons. The van der Waals surface area contributed by atoms with Gasteiger partial charge in [0.15, 0.2) is 40.6 Å². The standard InChI is InChI=1S/C55H35N7/c1-56-45-29-17-28-42(34-45)44-30-32-46(49(36-44)55-61-52(40-24-13-5-14-25-40)58-53(62-55)41-26-15-6-16-27-41)48-35-43(37-18-7-2-8-19-37)31-33-47(48)54-59-50(38-20-9-3-10-21-38)57-51(60-54)39-22-11-4-12-23-39/h2-36H. The van der Waals surface area contributed by atoms with Gasteiger partial charge in [0.1, 0.15) is 0 Å². The molecular formula is C55H35N7. The fraction of sp³-hybridized carbons (Fsp3) is 0. The van der Waals surface area contributed by atoms with Gasteiger partial charge in [-0.05, 0) is 57.6 Å². The van der Waals surface area contributed by atoms with Gasteiger partial charge in [-0.1, -0.05) is 188 Å². The lowest BCUT2D eigenvalue weighted by Crippen LogP contribution is -2.03. The molecule has 0 saturated carbocycles. The predicted molar refractivity (Wildman–Crippen MR) is 248 cm³/mol. The van der Waals surface area contributed by atoms with E-state index in [1.807, 2.05) is 164 Å². The Morgan fingerprint density at radius 2 is 0.581 bits per heavy atom. The van der Waals surface area contributed by atoms with E-state index in [9.17, 15) is 0 Å². The summed E-state index contributed by atoms with van der Waals surface area (Å²) < 4.78 is 0. The molecule has 0 spiro atoms. The third-order valence-corrected chi connectivity index (χ3v) is 10.6. The molecule has 10 aromatic rings. The molecule has 2 aromatic heterocycles. The highest BCUT2D eigenvalue weighted by molar-refractivity contribution is 5.94. The Hall–Kier alpha value is -8.73. The Morgan fingerprint density at radius 3 is 1.03 bits per heavy atom. The van der Waals surface area contributed by atoms with Crippen LogP contribution in [0.5, 0.6) is 0 Å². The summed E-state index contributed by atoms with van der Waals surface area (Å²) in [6.07, 6.45) is 0. The first-order chi connectivity index (χ1) is 30.7. The Bertz CT molecular complexity index is 3110. The zero-order valence-corrected chi connectivity index (χ0v) is 33.3. The van der Waals surface area contributed by atoms with E-state index < -0.39 is 0 Å². The van der Waals surface area contributed by atoms with Crippen LogP contribution in [0.4, 0.5) is 5.69 Å². The number of rotatable bonds is 9. The molecule has 7 heteroatoms. The van der Waals surface area contributed by atoms with Crippen LogP contribution < -0.4 is 0 Å². The highest BCUT2D eigenvalue weighted by atomic mass is 15.0. The molecular weight excluding hydrogens is 759 g/mol. The minimum absolute atomic E-state index is 0.498. The molecule has 0 aliphatic rings. The van der Waals surface area contributed by atoms with Crippen molar-refractivity contribution in [2.75, 3.05) is 0 Å². The van der Waals surface area contributed by atoms with Gasteiger partial charge in [-0.3, -0.25) is 0 Å². The molecule has 0 radical (unpaired) electrons. The van der Waals surface area contributed by atoms with E-state index in [1.165, 1.54) is 0 Å². The first-order valence-corrected chi connectivity index (χ1v) is 20.2. The summed E-state index contributed by atoms with van der Waals surface area (Å²) in [6, 6.07) is 70.7.